The molecule has 0 atom stereocenters. The lowest BCUT2D eigenvalue weighted by atomic mass is 10.1. The summed E-state index contributed by atoms with van der Waals surface area (Å²) in [5.74, 6) is 0.802. The van der Waals surface area contributed by atoms with E-state index in [1.807, 2.05) is 49.4 Å². The summed E-state index contributed by atoms with van der Waals surface area (Å²) in [5.41, 5.74) is 3.12. The van der Waals surface area contributed by atoms with Gasteiger partial charge in [0.05, 0.1) is 26.3 Å². The first-order valence-corrected chi connectivity index (χ1v) is 10.2. The Balaban J connectivity index is 1.82. The molecule has 0 aliphatic carbocycles. The van der Waals surface area contributed by atoms with Gasteiger partial charge in [0.2, 0.25) is 0 Å². The average Bonchev–Trinajstić information content (AvgIpc) is 2.82. The SMILES string of the molecule is COc1cccc(N(Cc2cc3cc(C)ccc3[nH]c2=O)C(=O)c2ccccc2OC)c1. The number of aryl methyl sites for hydroxylation is 1. The Morgan fingerprint density at radius 1 is 0.938 bits per heavy atom. The van der Waals surface area contributed by atoms with Crippen LogP contribution in [0, 0.1) is 6.92 Å². The van der Waals surface area contributed by atoms with E-state index in [-0.39, 0.29) is 18.0 Å². The highest BCUT2D eigenvalue weighted by Gasteiger charge is 2.23. The number of hydrogen-bond donors (Lipinski definition) is 1. The van der Waals surface area contributed by atoms with E-state index < -0.39 is 0 Å². The van der Waals surface area contributed by atoms with Gasteiger partial charge in [0.25, 0.3) is 11.5 Å². The second kappa shape index (κ2) is 8.98. The van der Waals surface area contributed by atoms with Gasteiger partial charge in [0.15, 0.2) is 0 Å². The van der Waals surface area contributed by atoms with E-state index in [0.29, 0.717) is 28.3 Å². The predicted octanol–water partition coefficient (Wildman–Crippen LogP) is 4.70. The Hall–Kier alpha value is -4.06. The van der Waals surface area contributed by atoms with Crippen LogP contribution < -0.4 is 19.9 Å². The Morgan fingerprint density at radius 2 is 1.75 bits per heavy atom. The van der Waals surface area contributed by atoms with E-state index in [9.17, 15) is 9.59 Å². The molecule has 4 aromatic rings. The highest BCUT2D eigenvalue weighted by atomic mass is 16.5. The number of ether oxygens (including phenoxy) is 2. The Bertz CT molecular complexity index is 1340. The normalized spacial score (nSPS) is 10.7. The number of hydrogen-bond acceptors (Lipinski definition) is 4. The van der Waals surface area contributed by atoms with Crippen molar-refractivity contribution in [2.75, 3.05) is 19.1 Å². The van der Waals surface area contributed by atoms with Crippen LogP contribution in [0.3, 0.4) is 0 Å². The first-order valence-electron chi connectivity index (χ1n) is 10.2. The summed E-state index contributed by atoms with van der Waals surface area (Å²) in [6.07, 6.45) is 0. The van der Waals surface area contributed by atoms with Gasteiger partial charge in [-0.1, -0.05) is 29.8 Å². The van der Waals surface area contributed by atoms with E-state index in [4.69, 9.17) is 9.47 Å². The molecule has 0 fully saturated rings. The van der Waals surface area contributed by atoms with Crippen molar-refractivity contribution in [1.29, 1.82) is 0 Å². The van der Waals surface area contributed by atoms with Crippen LogP contribution in [-0.4, -0.2) is 25.1 Å². The van der Waals surface area contributed by atoms with Gasteiger partial charge in [0, 0.05) is 22.8 Å². The average molecular weight is 428 g/mol. The maximum Gasteiger partial charge on any atom is 0.262 e. The third-order valence-corrected chi connectivity index (χ3v) is 5.35. The molecule has 6 nitrogen and oxygen atoms in total. The van der Waals surface area contributed by atoms with Gasteiger partial charge in [-0.2, -0.15) is 0 Å². The first-order chi connectivity index (χ1) is 15.5. The fourth-order valence-corrected chi connectivity index (χ4v) is 3.68. The van der Waals surface area contributed by atoms with E-state index in [1.54, 1.807) is 42.3 Å². The molecule has 0 aliphatic rings. The molecular weight excluding hydrogens is 404 g/mol. The summed E-state index contributed by atoms with van der Waals surface area (Å²) in [5, 5.41) is 0.912. The number of pyridine rings is 1. The first kappa shape index (κ1) is 21.2. The number of aromatic amines is 1. The molecule has 0 saturated heterocycles. The van der Waals surface area contributed by atoms with Crippen LogP contribution in [0.1, 0.15) is 21.5 Å². The number of benzene rings is 3. The number of fused-ring (bicyclic) bond motifs is 1. The summed E-state index contributed by atoms with van der Waals surface area (Å²) < 4.78 is 10.8. The zero-order chi connectivity index (χ0) is 22.7. The van der Waals surface area contributed by atoms with Gasteiger partial charge in [-0.25, -0.2) is 0 Å². The minimum absolute atomic E-state index is 0.0866. The lowest BCUT2D eigenvalue weighted by Crippen LogP contribution is -2.33. The van der Waals surface area contributed by atoms with Crippen LogP contribution in [-0.2, 0) is 6.54 Å². The second-order valence-corrected chi connectivity index (χ2v) is 7.51. The zero-order valence-corrected chi connectivity index (χ0v) is 18.2. The van der Waals surface area contributed by atoms with Crippen LogP contribution in [0.2, 0.25) is 0 Å². The predicted molar refractivity (Wildman–Crippen MR) is 126 cm³/mol. The van der Waals surface area contributed by atoms with Crippen molar-refractivity contribution in [3.05, 3.63) is 99.8 Å². The van der Waals surface area contributed by atoms with Crippen LogP contribution in [0.15, 0.2) is 77.6 Å². The molecule has 0 bridgehead atoms. The zero-order valence-electron chi connectivity index (χ0n) is 18.2. The Morgan fingerprint density at radius 3 is 2.53 bits per heavy atom. The van der Waals surface area contributed by atoms with Crippen molar-refractivity contribution in [1.82, 2.24) is 4.98 Å². The monoisotopic (exact) mass is 428 g/mol. The van der Waals surface area contributed by atoms with Gasteiger partial charge in [-0.3, -0.25) is 9.59 Å². The standard InChI is InChI=1S/C26H24N2O4/c1-17-11-12-23-18(13-17)14-19(25(29)27-23)16-28(20-7-6-8-21(15-20)31-2)26(30)22-9-4-5-10-24(22)32-3/h4-15H,16H2,1-3H3,(H,27,29). The van der Waals surface area contributed by atoms with Crippen molar-refractivity contribution in [2.45, 2.75) is 13.5 Å². The number of anilines is 1. The number of nitrogens with one attached hydrogen (secondary N) is 1. The van der Waals surface area contributed by atoms with E-state index in [2.05, 4.69) is 4.98 Å². The highest BCUT2D eigenvalue weighted by Crippen LogP contribution is 2.27. The maximum atomic E-state index is 13.7. The number of carbonyl (C=O) groups is 1. The Labute approximate surface area is 186 Å². The number of carbonyl (C=O) groups excluding carboxylic acids is 1. The molecule has 1 aromatic heterocycles. The summed E-state index contributed by atoms with van der Waals surface area (Å²) in [4.78, 5) is 31.0. The lowest BCUT2D eigenvalue weighted by Gasteiger charge is -2.24. The number of methoxy groups -OCH3 is 2. The molecule has 0 spiro atoms. The third kappa shape index (κ3) is 4.21. The summed E-state index contributed by atoms with van der Waals surface area (Å²) in [6, 6.07) is 21.9. The number of aromatic nitrogens is 1. The van der Waals surface area contributed by atoms with E-state index in [1.165, 1.54) is 7.11 Å². The second-order valence-electron chi connectivity index (χ2n) is 7.51. The van der Waals surface area contributed by atoms with Crippen LogP contribution >= 0.6 is 0 Å². The van der Waals surface area contributed by atoms with E-state index >= 15 is 0 Å². The highest BCUT2D eigenvalue weighted by molar-refractivity contribution is 6.08. The lowest BCUT2D eigenvalue weighted by molar-refractivity contribution is 0.0982. The minimum Gasteiger partial charge on any atom is -0.497 e. The number of para-hydroxylation sites is 1. The minimum atomic E-state index is -0.278. The fraction of sp³-hybridized carbons (Fsp3) is 0.154. The number of amides is 1. The third-order valence-electron chi connectivity index (χ3n) is 5.35. The van der Waals surface area contributed by atoms with Gasteiger partial charge >= 0.3 is 0 Å². The van der Waals surface area contributed by atoms with Crippen molar-refractivity contribution in [3.8, 4) is 11.5 Å². The largest absolute Gasteiger partial charge is 0.497 e. The number of H-pyrrole nitrogens is 1. The molecule has 0 aliphatic heterocycles. The smallest absolute Gasteiger partial charge is 0.262 e. The molecule has 32 heavy (non-hydrogen) atoms. The van der Waals surface area contributed by atoms with E-state index in [0.717, 1.165) is 16.5 Å². The molecule has 3 aromatic carbocycles. The summed E-state index contributed by atoms with van der Waals surface area (Å²) in [6.45, 7) is 2.08. The molecule has 6 heteroatoms. The summed E-state index contributed by atoms with van der Waals surface area (Å²) >= 11 is 0. The van der Waals surface area contributed by atoms with Crippen molar-refractivity contribution < 1.29 is 14.3 Å². The maximum absolute atomic E-state index is 13.7. The van der Waals surface area contributed by atoms with Crippen LogP contribution in [0.4, 0.5) is 5.69 Å². The fourth-order valence-electron chi connectivity index (χ4n) is 3.68. The molecule has 1 heterocycles. The quantitative estimate of drug-likeness (QED) is 0.483. The molecule has 162 valence electrons. The molecule has 1 N–H and O–H groups in total. The Kier molecular flexibility index (Phi) is 5.94. The van der Waals surface area contributed by atoms with Gasteiger partial charge in [-0.05, 0) is 54.8 Å². The number of nitrogens with zero attached hydrogens (tertiary/aromatic N) is 1. The van der Waals surface area contributed by atoms with Gasteiger partial charge in [0.1, 0.15) is 11.5 Å². The molecular formula is C26H24N2O4. The van der Waals surface area contributed by atoms with Crippen molar-refractivity contribution in [3.63, 3.8) is 0 Å². The molecule has 0 unspecified atom stereocenters. The summed E-state index contributed by atoms with van der Waals surface area (Å²) in [7, 11) is 3.10. The molecule has 4 rings (SSSR count). The van der Waals surface area contributed by atoms with Gasteiger partial charge in [-0.15, -0.1) is 0 Å². The number of rotatable bonds is 6. The molecule has 0 saturated carbocycles. The van der Waals surface area contributed by atoms with Crippen LogP contribution in [0.25, 0.3) is 10.9 Å². The topological polar surface area (TPSA) is 71.6 Å². The molecule has 1 amide bonds. The van der Waals surface area contributed by atoms with Crippen molar-refractivity contribution in [2.24, 2.45) is 0 Å². The molecule has 0 radical (unpaired) electrons. The van der Waals surface area contributed by atoms with Crippen molar-refractivity contribution >= 4 is 22.5 Å². The van der Waals surface area contributed by atoms with Crippen LogP contribution in [0.5, 0.6) is 11.5 Å². The van der Waals surface area contributed by atoms with Gasteiger partial charge < -0.3 is 19.4 Å².